The lowest BCUT2D eigenvalue weighted by Gasteiger charge is -2.14. The lowest BCUT2D eigenvalue weighted by Crippen LogP contribution is -2.01. The molecule has 0 atom stereocenters. The molecule has 0 bridgehead atoms. The molecule has 20 rings (SSSR count). The quantitative estimate of drug-likeness (QED) is 0.0331. The Kier molecular flexibility index (Phi) is 21.2. The zero-order valence-electron chi connectivity index (χ0n) is 64.4. The number of aromatic amines is 4. The molecule has 0 unspecified atom stereocenters. The maximum absolute atomic E-state index is 5.87. The van der Waals surface area contributed by atoms with E-state index in [-0.39, 0.29) is 0 Å². The highest BCUT2D eigenvalue weighted by Gasteiger charge is 2.24. The van der Waals surface area contributed by atoms with Crippen LogP contribution in [0.1, 0.15) is 48.8 Å². The largest absolute Gasteiger partial charge is 0.495 e. The molecule has 0 saturated carbocycles. The van der Waals surface area contributed by atoms with Gasteiger partial charge in [-0.15, -0.1) is 11.3 Å². The normalized spacial score (nSPS) is 12.6. The number of fused-ring (bicyclic) bond motifs is 4. The van der Waals surface area contributed by atoms with Crippen LogP contribution in [0.5, 0.6) is 23.0 Å². The first-order valence-electron chi connectivity index (χ1n) is 37.4. The number of aromatic nitrogens is 20. The third-order valence-corrected chi connectivity index (χ3v) is 20.8. The van der Waals surface area contributed by atoms with Gasteiger partial charge in [-0.1, -0.05) is 97.1 Å². The topological polar surface area (TPSA) is 352 Å². The molecule has 30 heteroatoms. The minimum absolute atomic E-state index is 0.559. The van der Waals surface area contributed by atoms with E-state index in [4.69, 9.17) is 23.4 Å². The minimum atomic E-state index is 0.559. The average molecular weight is 1570 g/mol. The Bertz CT molecular complexity index is 6480. The Balaban J connectivity index is 0.000000112. The molecule has 0 spiro atoms. The fraction of sp³-hybridized carbons (Fsp3) is 0.126. The predicted octanol–water partition coefficient (Wildman–Crippen LogP) is 18.6. The van der Waals surface area contributed by atoms with Crippen LogP contribution in [-0.4, -0.2) is 128 Å². The number of anilines is 8. The molecule has 8 N–H and O–H groups in total. The first-order valence-corrected chi connectivity index (χ1v) is 38.3. The lowest BCUT2D eigenvalue weighted by atomic mass is 10.0. The van der Waals surface area contributed by atoms with Gasteiger partial charge in [0.25, 0.3) is 0 Å². The third kappa shape index (κ3) is 15.4. The van der Waals surface area contributed by atoms with Crippen LogP contribution < -0.4 is 40.2 Å². The summed E-state index contributed by atoms with van der Waals surface area (Å²) in [6.45, 7) is 4.68. The second-order valence-electron chi connectivity index (χ2n) is 26.9. The summed E-state index contributed by atoms with van der Waals surface area (Å²) < 4.78 is 31.4. The van der Waals surface area contributed by atoms with Crippen LogP contribution in [0.3, 0.4) is 0 Å². The van der Waals surface area contributed by atoms with E-state index in [1.54, 1.807) is 62.3 Å². The van der Waals surface area contributed by atoms with E-state index in [9.17, 15) is 0 Å². The number of ether oxygens (including phenoxy) is 4. The molecule has 3 aliphatic rings. The maximum atomic E-state index is 5.87. The molecule has 0 radical (unpaired) electrons. The Hall–Kier alpha value is -15.5. The van der Waals surface area contributed by atoms with Gasteiger partial charge >= 0.3 is 0 Å². The van der Waals surface area contributed by atoms with Crippen molar-refractivity contribution in [3.8, 4) is 78.3 Å². The standard InChI is InChI=1S/C24H21N5O.C22H19N5OS.C21H19N7O.C20H17N7O2/c1-2-30-20-13-12-18(16-8-4-3-5-9-16)14-19(20)27-23-21-22(17-10-6-7-11-17)28-29-24(21)26-15-25-23;1-13-9-10-29-20(13)15-7-8-17(28-2)16(11-15)25-21-18-19(14-5-3-4-6-14)26-27-22(18)24-12-23-21;1-28-16(9-10-24-28)14-7-8-17(29-2)15(11-14)25-20-18-19(13-5-3-4-6-13)26-27-21(18)23-12-22-20;1-27-15(5-7-23-27)18-17-19(21-11-22-20(17)26-25-18)24-14-9-12(3-4-16(14)28-2)13-6-8-29-10-13/h3-6,8-15H,2,7H2,1H3,(H2,25,26,27,28,29);3,5-12H,4H2,1-2H3,(H2,23,24,25,26,27);3,5-12H,4H2,1-2H3,(H2,22,23,25,26,27);3-11H,1-2H3,(H2,21,22,24,25,26). The molecule has 0 saturated heterocycles. The molecule has 0 fully saturated rings. The molecule has 5 aromatic carbocycles. The first-order chi connectivity index (χ1) is 57.6. The van der Waals surface area contributed by atoms with Gasteiger partial charge in [-0.05, 0) is 168 Å². The molecular formula is C87H76N24O5S. The highest BCUT2D eigenvalue weighted by Crippen LogP contribution is 2.43. The predicted molar refractivity (Wildman–Crippen MR) is 457 cm³/mol. The van der Waals surface area contributed by atoms with Gasteiger partial charge in [0, 0.05) is 42.5 Å². The van der Waals surface area contributed by atoms with Crippen LogP contribution in [0, 0.1) is 6.92 Å². The summed E-state index contributed by atoms with van der Waals surface area (Å²) in [7, 11) is 8.74. The van der Waals surface area contributed by atoms with Crippen molar-refractivity contribution in [2.45, 2.75) is 33.1 Å². The molecule has 12 aromatic heterocycles. The number of methoxy groups -OCH3 is 3. The van der Waals surface area contributed by atoms with Crippen molar-refractivity contribution < 1.29 is 23.4 Å². The van der Waals surface area contributed by atoms with Gasteiger partial charge in [-0.3, -0.25) is 29.8 Å². The van der Waals surface area contributed by atoms with E-state index in [2.05, 4.69) is 222 Å². The molecule has 117 heavy (non-hydrogen) atoms. The molecular weight excluding hydrogens is 1490 g/mol. The van der Waals surface area contributed by atoms with Gasteiger partial charge in [0.15, 0.2) is 22.6 Å². The number of nitrogens with zero attached hydrogens (tertiary/aromatic N) is 16. The van der Waals surface area contributed by atoms with Crippen molar-refractivity contribution in [1.29, 1.82) is 0 Å². The number of H-pyrrole nitrogens is 4. The summed E-state index contributed by atoms with van der Waals surface area (Å²) in [4.78, 5) is 36.4. The second-order valence-corrected chi connectivity index (χ2v) is 27.8. The molecule has 580 valence electrons. The number of benzene rings is 5. The van der Waals surface area contributed by atoms with Crippen LogP contribution in [0.4, 0.5) is 46.0 Å². The van der Waals surface area contributed by atoms with Crippen molar-refractivity contribution in [3.63, 3.8) is 0 Å². The van der Waals surface area contributed by atoms with Crippen molar-refractivity contribution in [2.75, 3.05) is 49.2 Å². The van der Waals surface area contributed by atoms with E-state index in [1.165, 1.54) is 35.7 Å². The monoisotopic (exact) mass is 1570 g/mol. The smallest absolute Gasteiger partial charge is 0.186 e. The molecule has 17 aromatic rings. The van der Waals surface area contributed by atoms with Crippen LogP contribution in [0.25, 0.3) is 116 Å². The summed E-state index contributed by atoms with van der Waals surface area (Å²) in [5.74, 6) is 5.59. The number of rotatable bonds is 21. The Morgan fingerprint density at radius 3 is 1.25 bits per heavy atom. The van der Waals surface area contributed by atoms with Gasteiger partial charge in [0.1, 0.15) is 71.6 Å². The minimum Gasteiger partial charge on any atom is -0.495 e. The molecule has 29 nitrogen and oxygen atoms in total. The van der Waals surface area contributed by atoms with Crippen molar-refractivity contribution in [2.24, 2.45) is 14.1 Å². The van der Waals surface area contributed by atoms with Crippen LogP contribution in [0.2, 0.25) is 0 Å². The number of allylic oxidation sites excluding steroid dienone is 12. The third-order valence-electron chi connectivity index (χ3n) is 19.8. The van der Waals surface area contributed by atoms with Crippen molar-refractivity contribution in [1.82, 2.24) is 100 Å². The van der Waals surface area contributed by atoms with Gasteiger partial charge in [-0.2, -0.15) is 30.6 Å². The Labute approximate surface area is 673 Å². The van der Waals surface area contributed by atoms with Gasteiger partial charge in [0.2, 0.25) is 0 Å². The first kappa shape index (κ1) is 74.3. The zero-order chi connectivity index (χ0) is 79.7. The molecule has 12 heterocycles. The van der Waals surface area contributed by atoms with E-state index in [0.717, 1.165) is 159 Å². The molecule has 0 aliphatic heterocycles. The summed E-state index contributed by atoms with van der Waals surface area (Å²) in [5, 5.41) is 57.4. The van der Waals surface area contributed by atoms with Crippen LogP contribution in [0.15, 0.2) is 242 Å². The highest BCUT2D eigenvalue weighted by molar-refractivity contribution is 7.13. The maximum Gasteiger partial charge on any atom is 0.186 e. The molecule has 3 aliphatic carbocycles. The number of nitrogens with one attached hydrogen (secondary N) is 8. The summed E-state index contributed by atoms with van der Waals surface area (Å²) >= 11 is 1.73. The number of furan rings is 1. The van der Waals surface area contributed by atoms with E-state index >= 15 is 0 Å². The van der Waals surface area contributed by atoms with E-state index in [0.29, 0.717) is 64.0 Å². The van der Waals surface area contributed by atoms with Crippen LogP contribution in [-0.2, 0) is 14.1 Å². The number of thiophene rings is 1. The van der Waals surface area contributed by atoms with E-state index < -0.39 is 0 Å². The highest BCUT2D eigenvalue weighted by atomic mass is 32.1. The Morgan fingerprint density at radius 1 is 0.427 bits per heavy atom. The number of aryl methyl sites for hydroxylation is 3. The van der Waals surface area contributed by atoms with Gasteiger partial charge in [0.05, 0.1) is 119 Å². The van der Waals surface area contributed by atoms with E-state index in [1.807, 2.05) is 111 Å². The fourth-order valence-electron chi connectivity index (χ4n) is 14.0. The summed E-state index contributed by atoms with van der Waals surface area (Å²) in [5.41, 5.74) is 22.0. The summed E-state index contributed by atoms with van der Waals surface area (Å²) in [6.07, 6.45) is 34.7. The van der Waals surface area contributed by atoms with Gasteiger partial charge in [-0.25, -0.2) is 39.9 Å². The number of hydrogen-bond donors (Lipinski definition) is 8. The fourth-order valence-corrected chi connectivity index (χ4v) is 15.0. The van der Waals surface area contributed by atoms with Crippen LogP contribution >= 0.6 is 11.3 Å². The average Bonchev–Trinajstić information content (AvgIpc) is 1.63. The van der Waals surface area contributed by atoms with Gasteiger partial charge < -0.3 is 44.6 Å². The Morgan fingerprint density at radius 2 is 0.838 bits per heavy atom. The molecule has 0 amide bonds. The number of hydrogen-bond acceptors (Lipinski definition) is 24. The second kappa shape index (κ2) is 33.5. The SMILES string of the molecule is CCOc1ccc(-c2ccccc2)cc1Nc1ncnc2n[nH]c(C3=CCC=C3)c12.COc1ccc(-c2ccnn2C)cc1Nc1ncnc2n[nH]c(C3=CCC=C3)c12.COc1ccc(-c2ccoc2)cc1Nc1ncnc2n[nH]c(-c3ccnn3C)c12.COc1ccc(-c2sccc2C)cc1Nc1ncnc2n[nH]c(C3=CCC=C3)c12. The van der Waals surface area contributed by atoms with Crippen molar-refractivity contribution in [3.05, 3.63) is 260 Å². The zero-order valence-corrected chi connectivity index (χ0v) is 65.3. The summed E-state index contributed by atoms with van der Waals surface area (Å²) in [6, 6.07) is 42.3. The lowest BCUT2D eigenvalue weighted by molar-refractivity contribution is 0.342. The van der Waals surface area contributed by atoms with Crippen molar-refractivity contribution >= 4 is 118 Å².